The molecule has 0 aliphatic heterocycles. The average molecular weight is 345 g/mol. The van der Waals surface area contributed by atoms with Crippen molar-refractivity contribution in [3.8, 4) is 0 Å². The average Bonchev–Trinajstić information content (AvgIpc) is 2.38. The maximum Gasteiger partial charge on any atom is 0.248 e. The molecule has 4 heteroatoms. The maximum absolute atomic E-state index is 13.0. The van der Waals surface area contributed by atoms with Gasteiger partial charge in [-0.1, -0.05) is 41.0 Å². The molecule has 2 saturated carbocycles. The fourth-order valence-corrected chi connectivity index (χ4v) is 4.12. The fourth-order valence-electron chi connectivity index (χ4n) is 4.12. The Kier molecular flexibility index (Phi) is 6.34. The minimum absolute atomic E-state index is 0.0638. The Morgan fingerprint density at radius 2 is 1.79 bits per heavy atom. The molecule has 2 fully saturated rings. The molecule has 0 radical (unpaired) electrons. The van der Waals surface area contributed by atoms with Crippen LogP contribution in [0.25, 0.3) is 0 Å². The van der Waals surface area contributed by atoms with E-state index in [1.54, 1.807) is 0 Å². The van der Waals surface area contributed by atoms with Crippen LogP contribution in [0.3, 0.4) is 0 Å². The normalized spacial score (nSPS) is 24.5. The van der Waals surface area contributed by atoms with Gasteiger partial charge in [0.25, 0.3) is 0 Å². The maximum atomic E-state index is 13.0. The van der Waals surface area contributed by atoms with Gasteiger partial charge in [0.05, 0.1) is 0 Å². The van der Waals surface area contributed by atoms with Crippen LogP contribution in [0.15, 0.2) is 0 Å². The summed E-state index contributed by atoms with van der Waals surface area (Å²) in [5.41, 5.74) is 0.729. The first kappa shape index (κ1) is 20.1. The molecule has 2 aliphatic rings. The minimum Gasteiger partial charge on any atom is -0.316 e. The smallest absolute Gasteiger partial charge is 0.248 e. The van der Waals surface area contributed by atoms with Gasteiger partial charge in [-0.25, -0.2) is 8.78 Å². The van der Waals surface area contributed by atoms with Crippen LogP contribution in [0, 0.1) is 22.7 Å². The van der Waals surface area contributed by atoms with Crippen LogP contribution in [0.4, 0.5) is 8.78 Å². The molecule has 24 heavy (non-hydrogen) atoms. The topological polar surface area (TPSA) is 24.1 Å². The molecule has 1 unspecified atom stereocenters. The highest BCUT2D eigenvalue weighted by molar-refractivity contribution is 4.90. The van der Waals surface area contributed by atoms with Crippen LogP contribution < -0.4 is 10.6 Å². The lowest BCUT2D eigenvalue weighted by Crippen LogP contribution is -2.47. The second-order valence-corrected chi connectivity index (χ2v) is 10.0. The predicted molar refractivity (Wildman–Crippen MR) is 97.5 cm³/mol. The molecule has 0 amide bonds. The van der Waals surface area contributed by atoms with E-state index in [0.29, 0.717) is 17.4 Å². The Hall–Kier alpha value is -0.220. The van der Waals surface area contributed by atoms with E-state index in [1.165, 1.54) is 19.3 Å². The third-order valence-corrected chi connectivity index (χ3v) is 6.14. The van der Waals surface area contributed by atoms with Gasteiger partial charge in [0.1, 0.15) is 0 Å². The van der Waals surface area contributed by atoms with Gasteiger partial charge < -0.3 is 10.6 Å². The van der Waals surface area contributed by atoms with Gasteiger partial charge in [-0.3, -0.25) is 0 Å². The van der Waals surface area contributed by atoms with Gasteiger partial charge in [-0.2, -0.15) is 0 Å². The number of nitrogens with one attached hydrogen (secondary N) is 2. The van der Waals surface area contributed by atoms with Crippen molar-refractivity contribution in [2.24, 2.45) is 22.7 Å². The Labute approximate surface area is 147 Å². The summed E-state index contributed by atoms with van der Waals surface area (Å²) in [6.07, 6.45) is 5.28. The van der Waals surface area contributed by atoms with Crippen molar-refractivity contribution in [3.05, 3.63) is 0 Å². The van der Waals surface area contributed by atoms with Gasteiger partial charge in [0.2, 0.25) is 5.92 Å². The van der Waals surface area contributed by atoms with Crippen LogP contribution in [0.2, 0.25) is 0 Å². The lowest BCUT2D eigenvalue weighted by molar-refractivity contribution is -0.109. The van der Waals surface area contributed by atoms with Crippen molar-refractivity contribution in [2.75, 3.05) is 19.6 Å². The number of alkyl halides is 2. The zero-order valence-corrected chi connectivity index (χ0v) is 16.4. The molecule has 0 heterocycles. The Morgan fingerprint density at radius 3 is 2.25 bits per heavy atom. The highest BCUT2D eigenvalue weighted by Crippen LogP contribution is 2.42. The largest absolute Gasteiger partial charge is 0.316 e. The molecule has 0 spiro atoms. The number of halogens is 2. The Bertz CT molecular complexity index is 394. The molecule has 0 saturated heterocycles. The van der Waals surface area contributed by atoms with E-state index >= 15 is 0 Å². The van der Waals surface area contributed by atoms with Gasteiger partial charge in [-0.05, 0) is 48.5 Å². The third-order valence-electron chi connectivity index (χ3n) is 6.14. The number of hydrogen-bond donors (Lipinski definition) is 2. The van der Waals surface area contributed by atoms with Crippen molar-refractivity contribution >= 4 is 0 Å². The highest BCUT2D eigenvalue weighted by Gasteiger charge is 2.45. The number of rotatable bonds is 10. The van der Waals surface area contributed by atoms with E-state index in [1.807, 2.05) is 0 Å². The lowest BCUT2D eigenvalue weighted by atomic mass is 9.70. The number of hydrogen-bond acceptors (Lipinski definition) is 2. The van der Waals surface area contributed by atoms with Crippen molar-refractivity contribution in [1.82, 2.24) is 10.6 Å². The standard InChI is InChI=1S/C20H38F2N2/c1-15(2)17(24-12-16-9-20(21,22)10-16)11-18(3,4)13-23-14-19(5)7-6-8-19/h15-17,23-24H,6-14H2,1-5H3. The summed E-state index contributed by atoms with van der Waals surface area (Å²) in [7, 11) is 0. The molecular weight excluding hydrogens is 306 g/mol. The fraction of sp³-hybridized carbons (Fsp3) is 1.00. The molecule has 2 nitrogen and oxygen atoms in total. The van der Waals surface area contributed by atoms with E-state index in [2.05, 4.69) is 45.3 Å². The van der Waals surface area contributed by atoms with Crippen LogP contribution in [0.5, 0.6) is 0 Å². The molecule has 142 valence electrons. The summed E-state index contributed by atoms with van der Waals surface area (Å²) in [5.74, 6) is -1.73. The van der Waals surface area contributed by atoms with Crippen molar-refractivity contribution in [3.63, 3.8) is 0 Å². The second-order valence-electron chi connectivity index (χ2n) is 10.0. The van der Waals surface area contributed by atoms with Gasteiger partial charge >= 0.3 is 0 Å². The zero-order valence-electron chi connectivity index (χ0n) is 16.4. The highest BCUT2D eigenvalue weighted by atomic mass is 19.3. The van der Waals surface area contributed by atoms with E-state index in [0.717, 1.165) is 26.1 Å². The Balaban J connectivity index is 1.71. The van der Waals surface area contributed by atoms with Crippen molar-refractivity contribution in [2.45, 2.75) is 85.1 Å². The lowest BCUT2D eigenvalue weighted by Gasteiger charge is -2.40. The van der Waals surface area contributed by atoms with Crippen LogP contribution in [-0.4, -0.2) is 31.6 Å². The first-order chi connectivity index (χ1) is 11.0. The molecule has 2 aliphatic carbocycles. The second kappa shape index (κ2) is 7.57. The first-order valence-electron chi connectivity index (χ1n) is 9.82. The molecule has 2 N–H and O–H groups in total. The van der Waals surface area contributed by atoms with Crippen molar-refractivity contribution < 1.29 is 8.78 Å². The van der Waals surface area contributed by atoms with E-state index in [4.69, 9.17) is 0 Å². The summed E-state index contributed by atoms with van der Waals surface area (Å²) in [6.45, 7) is 14.3. The summed E-state index contributed by atoms with van der Waals surface area (Å²) in [4.78, 5) is 0. The molecule has 0 aromatic rings. The predicted octanol–water partition coefficient (Wildman–Crippen LogP) is 4.84. The minimum atomic E-state index is -2.40. The third kappa shape index (κ3) is 5.94. The van der Waals surface area contributed by atoms with E-state index in [-0.39, 0.29) is 24.2 Å². The monoisotopic (exact) mass is 344 g/mol. The Morgan fingerprint density at radius 1 is 1.17 bits per heavy atom. The van der Waals surface area contributed by atoms with Gasteiger partial charge in [0, 0.05) is 32.0 Å². The summed E-state index contributed by atoms with van der Waals surface area (Å²) in [5, 5.41) is 7.27. The van der Waals surface area contributed by atoms with E-state index < -0.39 is 5.92 Å². The van der Waals surface area contributed by atoms with Crippen LogP contribution in [-0.2, 0) is 0 Å². The molecule has 0 aromatic heterocycles. The van der Waals surface area contributed by atoms with Gasteiger partial charge in [-0.15, -0.1) is 0 Å². The molecule has 1 atom stereocenters. The summed E-state index contributed by atoms with van der Waals surface area (Å²) >= 11 is 0. The zero-order chi connectivity index (χ0) is 18.0. The van der Waals surface area contributed by atoms with Gasteiger partial charge in [0.15, 0.2) is 0 Å². The molecule has 2 rings (SSSR count). The quantitative estimate of drug-likeness (QED) is 0.592. The molecule has 0 bridgehead atoms. The van der Waals surface area contributed by atoms with E-state index in [9.17, 15) is 8.78 Å². The van der Waals surface area contributed by atoms with Crippen LogP contribution >= 0.6 is 0 Å². The summed E-state index contributed by atoms with van der Waals surface area (Å²) < 4.78 is 26.0. The first-order valence-corrected chi connectivity index (χ1v) is 9.82. The molecular formula is C20H38F2N2. The molecule has 0 aromatic carbocycles. The van der Waals surface area contributed by atoms with Crippen molar-refractivity contribution in [1.29, 1.82) is 0 Å². The summed E-state index contributed by atoms with van der Waals surface area (Å²) in [6, 6.07) is 0.398. The van der Waals surface area contributed by atoms with Crippen LogP contribution in [0.1, 0.15) is 73.1 Å². The SMILES string of the molecule is CC(C)C(CC(C)(C)CNCC1(C)CCC1)NCC1CC(F)(F)C1.